The van der Waals surface area contributed by atoms with Gasteiger partial charge in [0.15, 0.2) is 11.5 Å². The lowest BCUT2D eigenvalue weighted by Crippen LogP contribution is -2.49. The van der Waals surface area contributed by atoms with Crippen molar-refractivity contribution in [2.24, 2.45) is 0 Å². The number of hydrogen-bond donors (Lipinski definition) is 2. The Morgan fingerprint density at radius 1 is 1.14 bits per heavy atom. The molecule has 1 heterocycles. The highest BCUT2D eigenvalue weighted by atomic mass is 19.4. The number of benzene rings is 1. The molecule has 0 aromatic heterocycles. The van der Waals surface area contributed by atoms with Gasteiger partial charge in [0.25, 0.3) is 0 Å². The molecule has 1 fully saturated rings. The number of halogens is 3. The summed E-state index contributed by atoms with van der Waals surface area (Å²) >= 11 is 0. The molecule has 0 radical (unpaired) electrons. The van der Waals surface area contributed by atoms with Crippen LogP contribution >= 0.6 is 0 Å². The zero-order valence-corrected chi connectivity index (χ0v) is 15.7. The van der Waals surface area contributed by atoms with Crippen LogP contribution in [-0.4, -0.2) is 63.5 Å². The summed E-state index contributed by atoms with van der Waals surface area (Å²) in [5.41, 5.74) is 0.320. The molecule has 156 valence electrons. The van der Waals surface area contributed by atoms with Crippen LogP contribution in [0.3, 0.4) is 0 Å². The molecular weight excluding hydrogens is 383 g/mol. The number of alkyl halides is 3. The van der Waals surface area contributed by atoms with Gasteiger partial charge < -0.3 is 29.7 Å². The Balaban J connectivity index is 2.12. The van der Waals surface area contributed by atoms with Gasteiger partial charge >= 0.3 is 12.2 Å². The van der Waals surface area contributed by atoms with Crippen LogP contribution in [0.5, 0.6) is 17.2 Å². The number of nitrogens with zero attached hydrogens (tertiary/aromatic N) is 1. The Hall–Kier alpha value is -2.85. The van der Waals surface area contributed by atoms with E-state index >= 15 is 0 Å². The van der Waals surface area contributed by atoms with Crippen LogP contribution in [0.1, 0.15) is 12.8 Å². The third kappa shape index (κ3) is 5.11. The first-order chi connectivity index (χ1) is 13.2. The minimum Gasteiger partial charge on any atom is -0.493 e. The Kier molecular flexibility index (Phi) is 6.81. The van der Waals surface area contributed by atoms with E-state index < -0.39 is 30.7 Å². The van der Waals surface area contributed by atoms with Crippen molar-refractivity contribution in [3.05, 3.63) is 12.1 Å². The van der Waals surface area contributed by atoms with E-state index in [4.69, 9.17) is 14.2 Å². The Labute approximate surface area is 159 Å². The molecule has 1 saturated heterocycles. The SMILES string of the molecule is COc1cc(NC(=O)N2CCCC2C(=O)NCC(F)(F)F)cc(OC)c1OC. The summed E-state index contributed by atoms with van der Waals surface area (Å²) in [7, 11) is 4.28. The number of rotatable bonds is 6. The Morgan fingerprint density at radius 2 is 1.75 bits per heavy atom. The number of urea groups is 1. The van der Waals surface area contributed by atoms with Crippen LogP contribution in [-0.2, 0) is 4.79 Å². The van der Waals surface area contributed by atoms with Crippen molar-refractivity contribution in [1.29, 1.82) is 0 Å². The summed E-state index contributed by atoms with van der Waals surface area (Å²) in [6.45, 7) is -1.19. The van der Waals surface area contributed by atoms with Gasteiger partial charge in [-0.25, -0.2) is 4.79 Å². The molecule has 0 bridgehead atoms. The smallest absolute Gasteiger partial charge is 0.405 e. The van der Waals surface area contributed by atoms with Crippen molar-refractivity contribution in [2.45, 2.75) is 25.1 Å². The summed E-state index contributed by atoms with van der Waals surface area (Å²) < 4.78 is 52.5. The van der Waals surface area contributed by atoms with E-state index in [1.54, 1.807) is 0 Å². The quantitative estimate of drug-likeness (QED) is 0.759. The fourth-order valence-electron chi connectivity index (χ4n) is 2.94. The standard InChI is InChI=1S/C17H22F3N3O5/c1-26-12-7-10(8-13(27-2)14(12)28-3)22-16(25)23-6-4-5-11(23)15(24)21-9-17(18,19)20/h7-8,11H,4-6,9H2,1-3H3,(H,21,24)(H,22,25). The van der Waals surface area contributed by atoms with Crippen molar-refractivity contribution in [1.82, 2.24) is 10.2 Å². The first-order valence-electron chi connectivity index (χ1n) is 8.42. The number of amides is 3. The summed E-state index contributed by atoms with van der Waals surface area (Å²) in [6, 6.07) is 1.44. The van der Waals surface area contributed by atoms with Crippen LogP contribution in [0, 0.1) is 0 Å². The molecule has 3 amide bonds. The summed E-state index contributed by atoms with van der Waals surface area (Å²) in [5, 5.41) is 4.43. The molecule has 0 aliphatic carbocycles. The highest BCUT2D eigenvalue weighted by Crippen LogP contribution is 2.40. The van der Waals surface area contributed by atoms with E-state index in [0.29, 0.717) is 29.4 Å². The molecule has 1 atom stereocenters. The van der Waals surface area contributed by atoms with Gasteiger partial charge in [0.2, 0.25) is 11.7 Å². The molecule has 1 aliphatic rings. The average molecular weight is 405 g/mol. The van der Waals surface area contributed by atoms with E-state index in [-0.39, 0.29) is 13.0 Å². The number of carbonyl (C=O) groups excluding carboxylic acids is 2. The fraction of sp³-hybridized carbons (Fsp3) is 0.529. The third-order valence-corrected chi connectivity index (χ3v) is 4.20. The second-order valence-corrected chi connectivity index (χ2v) is 6.03. The van der Waals surface area contributed by atoms with Gasteiger partial charge in [-0.1, -0.05) is 0 Å². The van der Waals surface area contributed by atoms with Crippen molar-refractivity contribution in [3.8, 4) is 17.2 Å². The molecule has 0 spiro atoms. The Bertz CT molecular complexity index is 701. The van der Waals surface area contributed by atoms with Crippen molar-refractivity contribution in [3.63, 3.8) is 0 Å². The second-order valence-electron chi connectivity index (χ2n) is 6.03. The highest BCUT2D eigenvalue weighted by Gasteiger charge is 2.36. The van der Waals surface area contributed by atoms with E-state index in [9.17, 15) is 22.8 Å². The van der Waals surface area contributed by atoms with Crippen LogP contribution in [0.15, 0.2) is 12.1 Å². The van der Waals surface area contributed by atoms with Crippen molar-refractivity contribution >= 4 is 17.6 Å². The maximum atomic E-state index is 12.6. The molecular formula is C17H22F3N3O5. The van der Waals surface area contributed by atoms with Crippen LogP contribution in [0.4, 0.5) is 23.7 Å². The maximum Gasteiger partial charge on any atom is 0.405 e. The van der Waals surface area contributed by atoms with Gasteiger partial charge in [-0.05, 0) is 12.8 Å². The molecule has 11 heteroatoms. The monoisotopic (exact) mass is 405 g/mol. The minimum absolute atomic E-state index is 0.250. The number of methoxy groups -OCH3 is 3. The topological polar surface area (TPSA) is 89.1 Å². The first kappa shape index (κ1) is 21.5. The molecule has 1 aromatic carbocycles. The van der Waals surface area contributed by atoms with E-state index in [0.717, 1.165) is 0 Å². The first-order valence-corrected chi connectivity index (χ1v) is 8.42. The molecule has 2 rings (SSSR count). The summed E-state index contributed by atoms with van der Waals surface area (Å²) in [4.78, 5) is 25.8. The normalized spacial score (nSPS) is 16.5. The molecule has 0 saturated carbocycles. The fourth-order valence-corrected chi connectivity index (χ4v) is 2.94. The van der Waals surface area contributed by atoms with Crippen molar-refractivity contribution < 1.29 is 37.0 Å². The second kappa shape index (κ2) is 8.89. The van der Waals surface area contributed by atoms with Crippen LogP contribution in [0.2, 0.25) is 0 Å². The average Bonchev–Trinajstić information content (AvgIpc) is 3.14. The van der Waals surface area contributed by atoms with Gasteiger partial charge in [0.05, 0.1) is 27.0 Å². The number of carbonyl (C=O) groups is 2. The zero-order chi connectivity index (χ0) is 20.9. The molecule has 28 heavy (non-hydrogen) atoms. The van der Waals surface area contributed by atoms with E-state index in [2.05, 4.69) is 5.32 Å². The number of hydrogen-bond acceptors (Lipinski definition) is 5. The molecule has 8 nitrogen and oxygen atoms in total. The minimum atomic E-state index is -4.52. The van der Waals surface area contributed by atoms with Gasteiger partial charge in [-0.15, -0.1) is 0 Å². The Morgan fingerprint density at radius 3 is 2.25 bits per heavy atom. The molecule has 1 aromatic rings. The van der Waals surface area contributed by atoms with E-state index in [1.807, 2.05) is 5.32 Å². The lowest BCUT2D eigenvalue weighted by atomic mass is 10.2. The predicted octanol–water partition coefficient (Wildman–Crippen LogP) is 2.39. The van der Waals surface area contributed by atoms with Crippen LogP contribution < -0.4 is 24.8 Å². The largest absolute Gasteiger partial charge is 0.493 e. The van der Waals surface area contributed by atoms with Gasteiger partial charge in [0.1, 0.15) is 12.6 Å². The molecule has 1 aliphatic heterocycles. The highest BCUT2D eigenvalue weighted by molar-refractivity contribution is 5.94. The summed E-state index contributed by atoms with van der Waals surface area (Å²) in [6.07, 6.45) is -3.73. The van der Waals surface area contributed by atoms with Crippen LogP contribution in [0.25, 0.3) is 0 Å². The zero-order valence-electron chi connectivity index (χ0n) is 15.7. The number of ether oxygens (including phenoxy) is 3. The number of anilines is 1. The lowest BCUT2D eigenvalue weighted by molar-refractivity contribution is -0.140. The number of nitrogens with one attached hydrogen (secondary N) is 2. The maximum absolute atomic E-state index is 12.6. The molecule has 1 unspecified atom stereocenters. The summed E-state index contributed by atoms with van der Waals surface area (Å²) in [5.74, 6) is 0.138. The van der Waals surface area contributed by atoms with Gasteiger partial charge in [-0.3, -0.25) is 4.79 Å². The predicted molar refractivity (Wildman–Crippen MR) is 93.9 cm³/mol. The van der Waals surface area contributed by atoms with E-state index in [1.165, 1.54) is 38.4 Å². The van der Waals surface area contributed by atoms with Gasteiger partial charge in [0, 0.05) is 18.7 Å². The van der Waals surface area contributed by atoms with Crippen molar-refractivity contribution in [2.75, 3.05) is 39.7 Å². The lowest BCUT2D eigenvalue weighted by Gasteiger charge is -2.25. The van der Waals surface area contributed by atoms with Gasteiger partial charge in [-0.2, -0.15) is 13.2 Å². The number of likely N-dealkylation sites (tertiary alicyclic amines) is 1. The molecule has 2 N–H and O–H groups in total. The third-order valence-electron chi connectivity index (χ3n) is 4.20.